The van der Waals surface area contributed by atoms with Gasteiger partial charge in [0.25, 0.3) is 5.56 Å². The zero-order chi connectivity index (χ0) is 15.7. The lowest BCUT2D eigenvalue weighted by molar-refractivity contribution is 0.0527. The number of aromatic nitrogens is 3. The number of ether oxygens (including phenoxy) is 1. The van der Waals surface area contributed by atoms with Crippen molar-refractivity contribution < 1.29 is 9.53 Å². The first-order valence-corrected chi connectivity index (χ1v) is 6.96. The van der Waals surface area contributed by atoms with E-state index in [2.05, 4.69) is 10.1 Å². The predicted molar refractivity (Wildman–Crippen MR) is 81.9 cm³/mol. The maximum Gasteiger partial charge on any atom is 0.343 e. The summed E-state index contributed by atoms with van der Waals surface area (Å²) in [5, 5.41) is 2.85. The van der Waals surface area contributed by atoms with E-state index in [1.165, 1.54) is 10.6 Å². The fraction of sp³-hybridized carbons (Fsp3) is 0.188. The van der Waals surface area contributed by atoms with Gasteiger partial charge in [0.15, 0.2) is 5.65 Å². The van der Waals surface area contributed by atoms with Gasteiger partial charge >= 0.3 is 5.97 Å². The van der Waals surface area contributed by atoms with Gasteiger partial charge in [0.2, 0.25) is 0 Å². The zero-order valence-electron chi connectivity index (χ0n) is 12.3. The Kier molecular flexibility index (Phi) is 3.50. The number of hydrogen-bond acceptors (Lipinski definition) is 4. The Morgan fingerprint density at radius 3 is 2.73 bits per heavy atom. The van der Waals surface area contributed by atoms with Gasteiger partial charge in [-0.3, -0.25) is 9.89 Å². The molecule has 2 heterocycles. The molecule has 6 nitrogen and oxygen atoms in total. The first kappa shape index (κ1) is 14.1. The summed E-state index contributed by atoms with van der Waals surface area (Å²) in [5.41, 5.74) is 2.18. The largest absolute Gasteiger partial charge is 0.462 e. The van der Waals surface area contributed by atoms with E-state index in [0.29, 0.717) is 11.4 Å². The lowest BCUT2D eigenvalue weighted by Crippen LogP contribution is -2.15. The van der Waals surface area contributed by atoms with Crippen molar-refractivity contribution in [3.8, 4) is 11.3 Å². The molecule has 0 aliphatic rings. The molecule has 112 valence electrons. The van der Waals surface area contributed by atoms with Crippen LogP contribution in [0.3, 0.4) is 0 Å². The average Bonchev–Trinajstić information content (AvgIpc) is 2.85. The van der Waals surface area contributed by atoms with E-state index in [-0.39, 0.29) is 23.4 Å². The van der Waals surface area contributed by atoms with Crippen LogP contribution in [-0.2, 0) is 4.74 Å². The van der Waals surface area contributed by atoms with Gasteiger partial charge in [-0.1, -0.05) is 30.3 Å². The van der Waals surface area contributed by atoms with Crippen molar-refractivity contribution in [3.05, 3.63) is 58.0 Å². The van der Waals surface area contributed by atoms with Gasteiger partial charge in [-0.15, -0.1) is 0 Å². The fourth-order valence-corrected chi connectivity index (χ4v) is 2.35. The highest BCUT2D eigenvalue weighted by Crippen LogP contribution is 2.19. The number of aryl methyl sites for hydroxylation is 1. The molecular formula is C16H15N3O3. The number of H-pyrrole nitrogens is 1. The van der Waals surface area contributed by atoms with E-state index >= 15 is 0 Å². The van der Waals surface area contributed by atoms with Gasteiger partial charge in [-0.25, -0.2) is 14.3 Å². The smallest absolute Gasteiger partial charge is 0.343 e. The number of benzene rings is 1. The third-order valence-corrected chi connectivity index (χ3v) is 3.35. The molecule has 0 atom stereocenters. The van der Waals surface area contributed by atoms with E-state index in [1.807, 2.05) is 30.3 Å². The molecule has 0 spiro atoms. The highest BCUT2D eigenvalue weighted by Gasteiger charge is 2.20. The molecule has 1 N–H and O–H groups in total. The second kappa shape index (κ2) is 5.48. The van der Waals surface area contributed by atoms with Crippen LogP contribution < -0.4 is 5.56 Å². The molecule has 0 amide bonds. The van der Waals surface area contributed by atoms with Crippen LogP contribution in [0.15, 0.2) is 41.2 Å². The van der Waals surface area contributed by atoms with Crippen molar-refractivity contribution in [1.29, 1.82) is 0 Å². The normalized spacial score (nSPS) is 10.8. The first-order chi connectivity index (χ1) is 10.6. The van der Waals surface area contributed by atoms with Gasteiger partial charge in [-0.2, -0.15) is 0 Å². The molecule has 0 bridgehead atoms. The van der Waals surface area contributed by atoms with E-state index in [9.17, 15) is 9.59 Å². The van der Waals surface area contributed by atoms with E-state index in [1.54, 1.807) is 13.8 Å². The van der Waals surface area contributed by atoms with Gasteiger partial charge in [-0.05, 0) is 13.8 Å². The number of nitrogens with zero attached hydrogens (tertiary/aromatic N) is 2. The summed E-state index contributed by atoms with van der Waals surface area (Å²) in [6.07, 6.45) is 0. The molecule has 0 aliphatic heterocycles. The first-order valence-electron chi connectivity index (χ1n) is 6.96. The molecule has 0 radical (unpaired) electrons. The number of carbonyl (C=O) groups excluding carboxylic acids is 1. The maximum atomic E-state index is 12.3. The van der Waals surface area contributed by atoms with Crippen LogP contribution in [-0.4, -0.2) is 27.2 Å². The van der Waals surface area contributed by atoms with E-state index in [0.717, 1.165) is 5.56 Å². The van der Waals surface area contributed by atoms with Crippen LogP contribution in [0.1, 0.15) is 23.0 Å². The molecule has 3 rings (SSSR count). The Labute approximate surface area is 126 Å². The minimum atomic E-state index is -0.490. The topological polar surface area (TPSA) is 76.5 Å². The number of nitrogens with one attached hydrogen (secondary N) is 1. The maximum absolute atomic E-state index is 12.3. The number of esters is 1. The van der Waals surface area contributed by atoms with Gasteiger partial charge in [0.05, 0.1) is 12.3 Å². The van der Waals surface area contributed by atoms with Crippen LogP contribution >= 0.6 is 0 Å². The Hall–Kier alpha value is -2.89. The summed E-state index contributed by atoms with van der Waals surface area (Å²) >= 11 is 0. The number of aromatic amines is 1. The minimum absolute atomic E-state index is 0.262. The number of carbonyl (C=O) groups is 1. The third-order valence-electron chi connectivity index (χ3n) is 3.35. The molecule has 0 saturated heterocycles. The quantitative estimate of drug-likeness (QED) is 0.752. The zero-order valence-corrected chi connectivity index (χ0v) is 12.3. The number of hydrogen-bond donors (Lipinski definition) is 1. The molecule has 0 fully saturated rings. The third kappa shape index (κ3) is 2.28. The highest BCUT2D eigenvalue weighted by atomic mass is 16.5. The highest BCUT2D eigenvalue weighted by molar-refractivity contribution is 5.97. The average molecular weight is 297 g/mol. The van der Waals surface area contributed by atoms with Crippen LogP contribution in [0.2, 0.25) is 0 Å². The Morgan fingerprint density at radius 1 is 1.32 bits per heavy atom. The second-order valence-corrected chi connectivity index (χ2v) is 4.84. The van der Waals surface area contributed by atoms with Gasteiger partial charge in [0, 0.05) is 17.3 Å². The molecule has 0 saturated carbocycles. The van der Waals surface area contributed by atoms with Crippen LogP contribution in [0.5, 0.6) is 0 Å². The Balaban J connectivity index is 2.26. The molecule has 2 aromatic heterocycles. The molecule has 3 aromatic rings. The molecule has 0 unspecified atom stereocenters. The molecule has 0 aliphatic carbocycles. The lowest BCUT2D eigenvalue weighted by Gasteiger charge is -2.03. The Morgan fingerprint density at radius 2 is 2.05 bits per heavy atom. The van der Waals surface area contributed by atoms with Crippen LogP contribution in [0.25, 0.3) is 16.9 Å². The monoisotopic (exact) mass is 297 g/mol. The number of rotatable bonds is 3. The van der Waals surface area contributed by atoms with Crippen LogP contribution in [0, 0.1) is 6.92 Å². The second-order valence-electron chi connectivity index (χ2n) is 4.84. The standard InChI is InChI=1S/C16H15N3O3/c1-3-22-16(21)14-10(2)18-19-13(20)9-12(17-15(14)19)11-7-5-4-6-8-11/h4-9,18H,3H2,1-2H3. The molecule has 22 heavy (non-hydrogen) atoms. The lowest BCUT2D eigenvalue weighted by atomic mass is 10.1. The van der Waals surface area contributed by atoms with Crippen LogP contribution in [0.4, 0.5) is 0 Å². The summed E-state index contributed by atoms with van der Waals surface area (Å²) in [7, 11) is 0. The van der Waals surface area contributed by atoms with Crippen molar-refractivity contribution in [2.24, 2.45) is 0 Å². The summed E-state index contributed by atoms with van der Waals surface area (Å²) in [6, 6.07) is 10.8. The Bertz CT molecular complexity index is 894. The van der Waals surface area contributed by atoms with Crippen molar-refractivity contribution in [2.75, 3.05) is 6.61 Å². The van der Waals surface area contributed by atoms with Gasteiger partial charge in [0.1, 0.15) is 5.56 Å². The van der Waals surface area contributed by atoms with E-state index < -0.39 is 5.97 Å². The number of fused-ring (bicyclic) bond motifs is 1. The van der Waals surface area contributed by atoms with Gasteiger partial charge < -0.3 is 4.74 Å². The summed E-state index contributed by atoms with van der Waals surface area (Å²) in [5.74, 6) is -0.490. The van der Waals surface area contributed by atoms with Crippen molar-refractivity contribution in [1.82, 2.24) is 14.6 Å². The minimum Gasteiger partial charge on any atom is -0.462 e. The molecule has 1 aromatic carbocycles. The summed E-state index contributed by atoms with van der Waals surface area (Å²) in [6.45, 7) is 3.71. The predicted octanol–water partition coefficient (Wildman–Crippen LogP) is 2.17. The molecular weight excluding hydrogens is 282 g/mol. The SMILES string of the molecule is CCOC(=O)c1c(C)[nH]n2c(=O)cc(-c3ccccc3)nc12. The summed E-state index contributed by atoms with van der Waals surface area (Å²) in [4.78, 5) is 28.8. The summed E-state index contributed by atoms with van der Waals surface area (Å²) < 4.78 is 6.30. The fourth-order valence-electron chi connectivity index (χ4n) is 2.35. The molecule has 6 heteroatoms. The van der Waals surface area contributed by atoms with Crippen molar-refractivity contribution in [3.63, 3.8) is 0 Å². The van der Waals surface area contributed by atoms with Crippen molar-refractivity contribution in [2.45, 2.75) is 13.8 Å². The van der Waals surface area contributed by atoms with E-state index in [4.69, 9.17) is 4.74 Å². The van der Waals surface area contributed by atoms with Crippen molar-refractivity contribution >= 4 is 11.6 Å².